The van der Waals surface area contributed by atoms with Gasteiger partial charge in [0.05, 0.1) is 29.9 Å². The molecule has 2 aliphatic heterocycles. The number of pyridine rings is 1. The van der Waals surface area contributed by atoms with E-state index in [2.05, 4.69) is 49.4 Å². The Bertz CT molecular complexity index is 4380. The van der Waals surface area contributed by atoms with Gasteiger partial charge in [0, 0.05) is 43.8 Å². The van der Waals surface area contributed by atoms with E-state index in [1.165, 1.54) is 55.8 Å². The van der Waals surface area contributed by atoms with Crippen LogP contribution in [0, 0.1) is 12.8 Å². The molecule has 0 spiro atoms. The maximum absolute atomic E-state index is 15.2. The fraction of sp³-hybridized carbons (Fsp3) is 0.203. The van der Waals surface area contributed by atoms with Gasteiger partial charge in [-0.25, -0.2) is 39.7 Å². The Kier molecular flexibility index (Phi) is 18.3. The minimum Gasteiger partial charge on any atom is -0.508 e. The average Bonchev–Trinajstić information content (AvgIpc) is 1.69. The number of aryl methyl sites for hydroxylation is 1. The van der Waals surface area contributed by atoms with Crippen molar-refractivity contribution in [3.8, 4) is 49.1 Å². The van der Waals surface area contributed by atoms with Crippen molar-refractivity contribution in [1.29, 1.82) is 0 Å². The van der Waals surface area contributed by atoms with Crippen molar-refractivity contribution >= 4 is 115 Å². The van der Waals surface area contributed by atoms with E-state index >= 15 is 4.79 Å². The van der Waals surface area contributed by atoms with Gasteiger partial charge in [-0.2, -0.15) is 0 Å². The summed E-state index contributed by atoms with van der Waals surface area (Å²) in [7, 11) is 0. The van der Waals surface area contributed by atoms with Gasteiger partial charge in [-0.3, -0.25) is 33.6 Å². The van der Waals surface area contributed by atoms with Gasteiger partial charge >= 0.3 is 5.97 Å². The zero-order chi connectivity index (χ0) is 64.5. The second kappa shape index (κ2) is 26.4. The van der Waals surface area contributed by atoms with Crippen molar-refractivity contribution in [3.63, 3.8) is 0 Å². The Morgan fingerprint density at radius 3 is 2.05 bits per heavy atom. The zero-order valence-corrected chi connectivity index (χ0v) is 52.4. The number of nitrogens with one attached hydrogen (secondary N) is 5. The lowest BCUT2D eigenvalue weighted by Crippen LogP contribution is -2.52. The Labute approximate surface area is 539 Å². The molecule has 1 fully saturated rings. The SMILES string of the molecule is C=C(NC(=O)C(=C)NC(=O)c1csc(-c2ccc3c(n2)-c2csc(n2)-c2csc(n2)[C@@H]2[C@@H](C)C[C@H](O)N2C(=O)[C@H](Cc2ccc(O)cc2)NC(=O)c2csc(n2)[C@H]([C@H](O)c2ccccc2)NC(=O)c2nc(sc2C)[C@H](CC(N)=O)NC(=O)c2csc-3n2)n1)C(=O)O. The second-order valence-electron chi connectivity index (χ2n) is 20.8. The quantitative estimate of drug-likeness (QED) is 0.0576. The number of amides is 7. The molecule has 11 N–H and O–H groups in total. The maximum atomic E-state index is 15.2. The number of nitrogens with two attached hydrogens (primary N) is 1. The molecule has 91 heavy (non-hydrogen) atoms. The number of hydrogen-bond donors (Lipinski definition) is 10. The Balaban J connectivity index is 0.992. The van der Waals surface area contributed by atoms with Gasteiger partial charge in [0.15, 0.2) is 0 Å². The number of rotatable bonds is 12. The number of primary amides is 1. The largest absolute Gasteiger partial charge is 0.508 e. The molecule has 1 saturated heterocycles. The van der Waals surface area contributed by atoms with Crippen molar-refractivity contribution in [3.05, 3.63) is 172 Å². The van der Waals surface area contributed by atoms with Gasteiger partial charge < -0.3 is 57.6 Å². The lowest BCUT2D eigenvalue weighted by atomic mass is 10.0. The van der Waals surface area contributed by atoms with Gasteiger partial charge in [0.2, 0.25) is 11.8 Å². The Morgan fingerprint density at radius 2 is 1.32 bits per heavy atom. The summed E-state index contributed by atoms with van der Waals surface area (Å²) in [5, 5.41) is 65.3. The van der Waals surface area contributed by atoms with Crippen molar-refractivity contribution < 1.29 is 58.8 Å². The van der Waals surface area contributed by atoms with Crippen LogP contribution in [-0.2, 0) is 25.6 Å². The number of nitrogens with zero attached hydrogens (tertiary/aromatic N) is 8. The summed E-state index contributed by atoms with van der Waals surface area (Å²) in [5.41, 5.74) is 6.72. The highest BCUT2D eigenvalue weighted by atomic mass is 32.1. The average molecular weight is 1340 g/mol. The summed E-state index contributed by atoms with van der Waals surface area (Å²) in [5.74, 6) is -7.49. The number of aliphatic carboxylic acids is 1. The number of carboxylic acid groups (broad SMARTS) is 1. The van der Waals surface area contributed by atoms with E-state index in [0.29, 0.717) is 48.0 Å². The van der Waals surface area contributed by atoms with Crippen molar-refractivity contribution in [1.82, 2.24) is 66.4 Å². The number of hydrogen-bond acceptors (Lipinski definition) is 24. The van der Waals surface area contributed by atoms with Crippen molar-refractivity contribution in [2.45, 2.75) is 69.6 Å². The number of aliphatic hydroxyl groups is 2. The highest BCUT2D eigenvalue weighted by molar-refractivity contribution is 7.15. The molecule has 0 radical (unpaired) electrons. The lowest BCUT2D eigenvalue weighted by Gasteiger charge is -2.31. The number of carboxylic acids is 1. The number of carbonyl (C=O) groups is 8. The number of phenolic OH excluding ortho intramolecular Hbond substituents is 1. The molecule has 9 heterocycles. The van der Waals surface area contributed by atoms with E-state index in [1.54, 1.807) is 72.3 Å². The molecule has 7 amide bonds. The molecule has 2 aliphatic rings. The number of phenols is 1. The summed E-state index contributed by atoms with van der Waals surface area (Å²) in [6.45, 7) is 10.2. The summed E-state index contributed by atoms with van der Waals surface area (Å²) in [6, 6.07) is 13.2. The number of thiazole rings is 6. The van der Waals surface area contributed by atoms with E-state index in [4.69, 9.17) is 30.8 Å². The number of aromatic nitrogens is 7. The smallest absolute Gasteiger partial charge is 0.351 e. The van der Waals surface area contributed by atoms with Crippen LogP contribution in [0.5, 0.6) is 5.75 Å². The molecule has 7 atom stereocenters. The number of fused-ring (bicyclic) bond motifs is 16. The number of benzene rings is 2. The minimum atomic E-state index is -1.49. The molecule has 464 valence electrons. The van der Waals surface area contributed by atoms with E-state index in [0.717, 1.165) is 45.3 Å². The third-order valence-corrected chi connectivity index (χ3v) is 19.9. The van der Waals surface area contributed by atoms with E-state index in [-0.39, 0.29) is 73.7 Å². The molecule has 10 bridgehead atoms. The molecule has 0 saturated carbocycles. The van der Waals surface area contributed by atoms with Crippen LogP contribution in [0.3, 0.4) is 0 Å². The highest BCUT2D eigenvalue weighted by Gasteiger charge is 2.46. The first-order valence-electron chi connectivity index (χ1n) is 27.3. The Morgan fingerprint density at radius 1 is 0.681 bits per heavy atom. The third kappa shape index (κ3) is 13.6. The summed E-state index contributed by atoms with van der Waals surface area (Å²) in [6.07, 6.45) is -3.13. The summed E-state index contributed by atoms with van der Waals surface area (Å²) < 4.78 is 0. The van der Waals surface area contributed by atoms with Gasteiger partial charge in [-0.1, -0.05) is 62.5 Å². The molecule has 26 nitrogen and oxygen atoms in total. The van der Waals surface area contributed by atoms with Crippen LogP contribution in [-0.4, -0.2) is 120 Å². The van der Waals surface area contributed by atoms with E-state index in [9.17, 15) is 48.9 Å². The van der Waals surface area contributed by atoms with Crippen LogP contribution in [0.25, 0.3) is 43.4 Å². The first kappa shape index (κ1) is 62.9. The molecule has 9 aromatic rings. The van der Waals surface area contributed by atoms with Crippen LogP contribution in [0.1, 0.15) is 117 Å². The van der Waals surface area contributed by atoms with Crippen LogP contribution < -0.4 is 32.3 Å². The van der Waals surface area contributed by atoms with Crippen molar-refractivity contribution in [2.24, 2.45) is 11.7 Å². The molecular weight excluding hydrogens is 1290 g/mol. The number of carbonyl (C=O) groups excluding carboxylic acids is 7. The van der Waals surface area contributed by atoms with Crippen molar-refractivity contribution in [2.75, 3.05) is 0 Å². The molecule has 7 aromatic heterocycles. The first-order valence-corrected chi connectivity index (χ1v) is 32.5. The summed E-state index contributed by atoms with van der Waals surface area (Å²) >= 11 is 6.54. The fourth-order valence-electron chi connectivity index (χ4n) is 9.92. The zero-order valence-electron chi connectivity index (χ0n) is 47.5. The predicted octanol–water partition coefficient (Wildman–Crippen LogP) is 6.59. The van der Waals surface area contributed by atoms with Gasteiger partial charge in [-0.15, -0.1) is 68.0 Å². The van der Waals surface area contributed by atoms with Gasteiger partial charge in [-0.05, 0) is 54.7 Å². The third-order valence-electron chi connectivity index (χ3n) is 14.4. The fourth-order valence-corrected chi connectivity index (χ4v) is 15.2. The van der Waals surface area contributed by atoms with Crippen LogP contribution in [0.2, 0.25) is 0 Å². The minimum absolute atomic E-state index is 0.0302. The van der Waals surface area contributed by atoms with Gasteiger partial charge in [0.1, 0.15) is 106 Å². The predicted molar refractivity (Wildman–Crippen MR) is 337 cm³/mol. The van der Waals surface area contributed by atoms with Crippen LogP contribution >= 0.6 is 68.0 Å². The first-order chi connectivity index (χ1) is 43.6. The van der Waals surface area contributed by atoms with E-state index in [1.807, 2.05) is 12.2 Å². The molecule has 11 rings (SSSR count). The topological polar surface area (TPSA) is 397 Å². The summed E-state index contributed by atoms with van der Waals surface area (Å²) in [4.78, 5) is 143. The molecule has 0 unspecified atom stereocenters. The highest BCUT2D eigenvalue weighted by Crippen LogP contribution is 2.44. The van der Waals surface area contributed by atoms with E-state index < -0.39 is 102 Å². The second-order valence-corrected chi connectivity index (χ2v) is 26.3. The normalized spacial score (nSPS) is 18.8. The van der Waals surface area contributed by atoms with Crippen LogP contribution in [0.15, 0.2) is 118 Å². The molecular formula is C59H50N14O12S6. The molecule has 0 aliphatic carbocycles. The Hall–Kier alpha value is -9.67. The van der Waals surface area contributed by atoms with Crippen LogP contribution in [0.4, 0.5) is 0 Å². The lowest BCUT2D eigenvalue weighted by molar-refractivity contribution is -0.143. The van der Waals surface area contributed by atoms with Gasteiger partial charge in [0.25, 0.3) is 29.5 Å². The number of aliphatic hydroxyl groups excluding tert-OH is 2. The monoisotopic (exact) mass is 1340 g/mol. The molecule has 32 heteroatoms. The number of aromatic hydroxyl groups is 1. The standard InChI is InChI=1S/C59H50N14O12S6/c1-24-16-41(76)73-45(24)57-70-39(23-90-57)54-66-35(19-87-54)43-31(14-15-32(63-43)53-68-36(21-88-53)48(79)61-25(2)47(78)62-26(3)59(84)85)52-67-37(20-86-52)49(80)64-33(18-40(60)75)55-72-42(27(4)91-55)51(82)71-44(46(77)29-8-6-5-7-9-29)56-69-38(22-89-56)50(81)65-34(58(73)83)17-28-10-12-30(74)13-11-28/h5-15,19-24,33-34,41,44-46,74,76-77H,2-3,16-18H2,1,4H3,(H2,60,75)(H,61,79)(H,62,78)(H,64,80)(H,65,81)(H,71,82)(H,84,85)/t24-,33-,34-,41-,44-,45-,46+/m0/s1. The maximum Gasteiger partial charge on any atom is 0.351 e. The molecule has 2 aromatic carbocycles.